The van der Waals surface area contributed by atoms with Crippen LogP contribution in [-0.2, 0) is 9.84 Å². The number of aliphatic imine (C=N–C) groups is 1. The van der Waals surface area contributed by atoms with Crippen molar-refractivity contribution in [3.63, 3.8) is 0 Å². The number of benzene rings is 1. The third kappa shape index (κ3) is 4.57. The van der Waals surface area contributed by atoms with Crippen LogP contribution in [0.3, 0.4) is 0 Å². The van der Waals surface area contributed by atoms with E-state index in [4.69, 9.17) is 10.5 Å². The van der Waals surface area contributed by atoms with Crippen molar-refractivity contribution in [2.24, 2.45) is 4.99 Å². The molecule has 0 bridgehead atoms. The van der Waals surface area contributed by atoms with Crippen molar-refractivity contribution in [3.05, 3.63) is 24.3 Å². The molecular weight excluding hydrogens is 296 g/mol. The van der Waals surface area contributed by atoms with Crippen LogP contribution in [0, 0.1) is 22.8 Å². The molecule has 1 aromatic carbocycles. The van der Waals surface area contributed by atoms with Gasteiger partial charge in [0.15, 0.2) is 21.2 Å². The van der Waals surface area contributed by atoms with Gasteiger partial charge in [-0.1, -0.05) is 11.8 Å². The highest BCUT2D eigenvalue weighted by molar-refractivity contribution is 8.13. The lowest BCUT2D eigenvalue weighted by Gasteiger charge is -2.03. The summed E-state index contributed by atoms with van der Waals surface area (Å²) in [5, 5.41) is 19.8. The Morgan fingerprint density at radius 3 is 2.50 bits per heavy atom. The number of amidine groups is 1. The van der Waals surface area contributed by atoms with Crippen LogP contribution in [-0.4, -0.2) is 25.6 Å². The molecule has 0 aliphatic heterocycles. The topological polar surface area (TPSA) is 106 Å². The fourth-order valence-electron chi connectivity index (χ4n) is 1.32. The highest BCUT2D eigenvalue weighted by Gasteiger charge is 2.13. The van der Waals surface area contributed by atoms with Crippen LogP contribution in [0.15, 0.2) is 34.2 Å². The first-order chi connectivity index (χ1) is 9.53. The highest BCUT2D eigenvalue weighted by atomic mass is 32.2. The maximum absolute atomic E-state index is 11.8. The van der Waals surface area contributed by atoms with Crippen molar-refractivity contribution < 1.29 is 8.42 Å². The lowest BCUT2D eigenvalue weighted by molar-refractivity contribution is 0.596. The Labute approximate surface area is 122 Å². The van der Waals surface area contributed by atoms with Gasteiger partial charge in [0.05, 0.1) is 22.4 Å². The summed E-state index contributed by atoms with van der Waals surface area (Å²) in [6.45, 7) is 0. The van der Waals surface area contributed by atoms with Crippen LogP contribution in [0.5, 0.6) is 0 Å². The largest absolute Gasteiger partial charge is 0.271 e. The second-order valence-corrected chi connectivity index (χ2v) is 6.48. The zero-order valence-electron chi connectivity index (χ0n) is 10.7. The monoisotopic (exact) mass is 308 g/mol. The summed E-state index contributed by atoms with van der Waals surface area (Å²) in [7, 11) is -3.43. The van der Waals surface area contributed by atoms with E-state index in [1.165, 1.54) is 23.9 Å². The van der Waals surface area contributed by atoms with E-state index in [9.17, 15) is 8.42 Å². The van der Waals surface area contributed by atoms with Crippen LogP contribution in [0.25, 0.3) is 0 Å². The van der Waals surface area contributed by atoms with Gasteiger partial charge in [0, 0.05) is 6.42 Å². The molecular formula is C12H12N4O2S2. The van der Waals surface area contributed by atoms with Gasteiger partial charge in [-0.15, -0.1) is 0 Å². The van der Waals surface area contributed by atoms with Gasteiger partial charge in [-0.3, -0.25) is 5.32 Å². The summed E-state index contributed by atoms with van der Waals surface area (Å²) in [5.74, 6) is -0.196. The maximum atomic E-state index is 11.8. The van der Waals surface area contributed by atoms with Gasteiger partial charge >= 0.3 is 0 Å². The van der Waals surface area contributed by atoms with Gasteiger partial charge in [0.25, 0.3) is 0 Å². The minimum Gasteiger partial charge on any atom is -0.271 e. The van der Waals surface area contributed by atoms with Crippen molar-refractivity contribution in [1.29, 1.82) is 10.5 Å². The normalized spacial score (nSPS) is 11.4. The van der Waals surface area contributed by atoms with Crippen molar-refractivity contribution >= 4 is 32.5 Å². The molecule has 8 heteroatoms. The average molecular weight is 308 g/mol. The fraction of sp³-hybridized carbons (Fsp3) is 0.250. The SMILES string of the molecule is CSC(=Nc1ccc(S(=O)(=O)CCC#N)cc1)NC#N. The van der Waals surface area contributed by atoms with Crippen molar-refractivity contribution in [3.8, 4) is 12.3 Å². The number of hydrogen-bond acceptors (Lipinski definition) is 6. The van der Waals surface area contributed by atoms with Gasteiger partial charge in [0.2, 0.25) is 0 Å². The van der Waals surface area contributed by atoms with Gasteiger partial charge in [-0.2, -0.15) is 10.5 Å². The zero-order chi connectivity index (χ0) is 15.0. The van der Waals surface area contributed by atoms with Gasteiger partial charge in [0.1, 0.15) is 0 Å². The molecule has 1 rings (SSSR count). The number of nitriles is 2. The first kappa shape index (κ1) is 16.0. The molecule has 0 aliphatic carbocycles. The number of sulfone groups is 1. The van der Waals surface area contributed by atoms with Crippen LogP contribution in [0.1, 0.15) is 6.42 Å². The van der Waals surface area contributed by atoms with Crippen molar-refractivity contribution in [1.82, 2.24) is 5.32 Å². The molecule has 0 radical (unpaired) electrons. The van der Waals surface area contributed by atoms with Crippen molar-refractivity contribution in [2.75, 3.05) is 12.0 Å². The second-order valence-electron chi connectivity index (χ2n) is 3.58. The van der Waals surface area contributed by atoms with E-state index in [1.807, 2.05) is 6.07 Å². The number of thioether (sulfide) groups is 1. The first-order valence-corrected chi connectivity index (χ1v) is 8.38. The van der Waals surface area contributed by atoms with E-state index in [2.05, 4.69) is 10.3 Å². The molecule has 0 unspecified atom stereocenters. The lowest BCUT2D eigenvalue weighted by Crippen LogP contribution is -2.12. The highest BCUT2D eigenvalue weighted by Crippen LogP contribution is 2.19. The number of nitrogens with zero attached hydrogens (tertiary/aromatic N) is 3. The van der Waals surface area contributed by atoms with Crippen molar-refractivity contribution in [2.45, 2.75) is 11.3 Å². The lowest BCUT2D eigenvalue weighted by atomic mass is 10.3. The Kier molecular flexibility index (Phi) is 6.04. The van der Waals surface area contributed by atoms with Crippen LogP contribution in [0.2, 0.25) is 0 Å². The molecule has 20 heavy (non-hydrogen) atoms. The fourth-order valence-corrected chi connectivity index (χ4v) is 2.81. The summed E-state index contributed by atoms with van der Waals surface area (Å²) in [5.41, 5.74) is 0.538. The quantitative estimate of drug-likeness (QED) is 0.393. The first-order valence-electron chi connectivity index (χ1n) is 5.51. The molecule has 1 aromatic rings. The standard InChI is InChI=1S/C12H12N4O2S2/c1-19-12(15-9-14)16-10-3-5-11(6-4-10)20(17,18)8-2-7-13/h3-6H,2,8H2,1H3,(H,15,16). The Balaban J connectivity index is 2.95. The minimum absolute atomic E-state index is 0.0368. The van der Waals surface area contributed by atoms with Gasteiger partial charge in [-0.25, -0.2) is 13.4 Å². The molecule has 6 nitrogen and oxygen atoms in total. The summed E-state index contributed by atoms with van der Waals surface area (Å²) in [6.07, 6.45) is 3.50. The van der Waals surface area contributed by atoms with Crippen LogP contribution >= 0.6 is 11.8 Å². The predicted octanol–water partition coefficient (Wildman–Crippen LogP) is 1.80. The van der Waals surface area contributed by atoms with Gasteiger partial charge < -0.3 is 0 Å². The smallest absolute Gasteiger partial charge is 0.183 e. The summed E-state index contributed by atoms with van der Waals surface area (Å²) < 4.78 is 23.7. The number of nitrogens with one attached hydrogen (secondary N) is 1. The molecule has 0 atom stereocenters. The van der Waals surface area contributed by atoms with Crippen LogP contribution in [0.4, 0.5) is 5.69 Å². The number of rotatable bonds is 4. The Bertz CT molecular complexity index is 667. The Morgan fingerprint density at radius 2 is 2.00 bits per heavy atom. The Morgan fingerprint density at radius 1 is 1.35 bits per heavy atom. The molecule has 0 fully saturated rings. The maximum Gasteiger partial charge on any atom is 0.183 e. The van der Waals surface area contributed by atoms with E-state index < -0.39 is 9.84 Å². The predicted molar refractivity (Wildman–Crippen MR) is 78.1 cm³/mol. The van der Waals surface area contributed by atoms with E-state index in [-0.39, 0.29) is 17.1 Å². The minimum atomic E-state index is -3.43. The zero-order valence-corrected chi connectivity index (χ0v) is 12.3. The Hall–Kier alpha value is -2.03. The average Bonchev–Trinajstić information content (AvgIpc) is 2.45. The molecule has 104 valence electrons. The number of hydrogen-bond donors (Lipinski definition) is 1. The third-order valence-electron chi connectivity index (χ3n) is 2.27. The summed E-state index contributed by atoms with van der Waals surface area (Å²) in [6, 6.07) is 7.79. The van der Waals surface area contributed by atoms with E-state index in [0.29, 0.717) is 10.9 Å². The van der Waals surface area contributed by atoms with E-state index in [0.717, 1.165) is 0 Å². The second kappa shape index (κ2) is 7.53. The molecule has 0 aromatic heterocycles. The molecule has 0 saturated carbocycles. The molecule has 1 N–H and O–H groups in total. The van der Waals surface area contributed by atoms with Gasteiger partial charge in [-0.05, 0) is 30.5 Å². The molecule has 0 aliphatic rings. The molecule has 0 heterocycles. The molecule has 0 saturated heterocycles. The van der Waals surface area contributed by atoms with E-state index in [1.54, 1.807) is 24.6 Å². The third-order valence-corrected chi connectivity index (χ3v) is 4.58. The molecule has 0 spiro atoms. The molecule has 0 amide bonds. The van der Waals surface area contributed by atoms with E-state index >= 15 is 0 Å². The summed E-state index contributed by atoms with van der Waals surface area (Å²) >= 11 is 1.27. The summed E-state index contributed by atoms with van der Waals surface area (Å²) in [4.78, 5) is 4.31. The van der Waals surface area contributed by atoms with Crippen LogP contribution < -0.4 is 5.32 Å².